The molecule has 3 aromatic rings. The SMILES string of the molecule is CCCNC(C)c1cc2cc(Cl)c3ccccc3c2o1. The van der Waals surface area contributed by atoms with Crippen molar-refractivity contribution < 1.29 is 4.42 Å². The van der Waals surface area contributed by atoms with E-state index in [2.05, 4.69) is 31.3 Å². The van der Waals surface area contributed by atoms with Gasteiger partial charge in [0.15, 0.2) is 0 Å². The summed E-state index contributed by atoms with van der Waals surface area (Å²) in [7, 11) is 0. The van der Waals surface area contributed by atoms with Crippen molar-refractivity contribution in [2.24, 2.45) is 0 Å². The highest BCUT2D eigenvalue weighted by atomic mass is 35.5. The van der Waals surface area contributed by atoms with E-state index in [0.717, 1.165) is 45.5 Å². The molecule has 0 aliphatic rings. The van der Waals surface area contributed by atoms with Gasteiger partial charge in [0, 0.05) is 21.2 Å². The number of hydrogen-bond acceptors (Lipinski definition) is 2. The standard InChI is InChI=1S/C17H18ClNO/c1-3-8-19-11(2)16-10-12-9-15(18)13-6-4-5-7-14(13)17(12)20-16/h4-7,9-11,19H,3,8H2,1-2H3. The minimum Gasteiger partial charge on any atom is -0.459 e. The van der Waals surface area contributed by atoms with Crippen LogP contribution in [0.15, 0.2) is 40.8 Å². The summed E-state index contributed by atoms with van der Waals surface area (Å²) in [5.41, 5.74) is 0.921. The third kappa shape index (κ3) is 2.30. The van der Waals surface area contributed by atoms with Crippen LogP contribution in [0.3, 0.4) is 0 Å². The lowest BCUT2D eigenvalue weighted by Crippen LogP contribution is -2.18. The van der Waals surface area contributed by atoms with Gasteiger partial charge in [-0.1, -0.05) is 42.8 Å². The normalized spacial score (nSPS) is 13.2. The van der Waals surface area contributed by atoms with Gasteiger partial charge < -0.3 is 9.73 Å². The molecule has 2 aromatic carbocycles. The molecule has 0 amide bonds. The molecule has 0 bridgehead atoms. The molecule has 3 heteroatoms. The van der Waals surface area contributed by atoms with Gasteiger partial charge in [-0.05, 0) is 32.0 Å². The fraction of sp³-hybridized carbons (Fsp3) is 0.294. The lowest BCUT2D eigenvalue weighted by molar-refractivity contribution is 0.453. The molecule has 0 spiro atoms. The summed E-state index contributed by atoms with van der Waals surface area (Å²) >= 11 is 6.35. The first-order valence-corrected chi connectivity index (χ1v) is 7.42. The summed E-state index contributed by atoms with van der Waals surface area (Å²) in [4.78, 5) is 0. The van der Waals surface area contributed by atoms with Gasteiger partial charge in [-0.3, -0.25) is 0 Å². The van der Waals surface area contributed by atoms with Crippen LogP contribution in [0.4, 0.5) is 0 Å². The van der Waals surface area contributed by atoms with E-state index in [1.54, 1.807) is 0 Å². The molecule has 2 nitrogen and oxygen atoms in total. The Labute approximate surface area is 123 Å². The molecule has 0 saturated heterocycles. The van der Waals surface area contributed by atoms with Gasteiger partial charge in [-0.25, -0.2) is 0 Å². The van der Waals surface area contributed by atoms with Crippen LogP contribution in [0.5, 0.6) is 0 Å². The van der Waals surface area contributed by atoms with E-state index in [9.17, 15) is 0 Å². The minimum absolute atomic E-state index is 0.208. The maximum absolute atomic E-state index is 6.35. The zero-order chi connectivity index (χ0) is 14.1. The number of furan rings is 1. The fourth-order valence-electron chi connectivity index (χ4n) is 2.52. The molecule has 1 atom stereocenters. The van der Waals surface area contributed by atoms with Crippen LogP contribution in [-0.2, 0) is 0 Å². The average molecular weight is 288 g/mol. The molecular weight excluding hydrogens is 270 g/mol. The highest BCUT2D eigenvalue weighted by molar-refractivity contribution is 6.37. The summed E-state index contributed by atoms with van der Waals surface area (Å²) in [5.74, 6) is 0.959. The molecule has 1 heterocycles. The average Bonchev–Trinajstić information content (AvgIpc) is 2.89. The first kappa shape index (κ1) is 13.5. The lowest BCUT2D eigenvalue weighted by atomic mass is 10.1. The number of nitrogens with one attached hydrogen (secondary N) is 1. The smallest absolute Gasteiger partial charge is 0.142 e. The predicted octanol–water partition coefficient (Wildman–Crippen LogP) is 5.30. The van der Waals surface area contributed by atoms with Gasteiger partial charge in [-0.2, -0.15) is 0 Å². The minimum atomic E-state index is 0.208. The molecule has 0 radical (unpaired) electrons. The third-order valence-corrected chi connectivity index (χ3v) is 3.93. The first-order chi connectivity index (χ1) is 9.70. The molecule has 0 saturated carbocycles. The quantitative estimate of drug-likeness (QED) is 0.704. The van der Waals surface area contributed by atoms with Gasteiger partial charge in [0.1, 0.15) is 11.3 Å². The molecule has 1 N–H and O–H groups in total. The number of fused-ring (bicyclic) bond motifs is 3. The van der Waals surface area contributed by atoms with Crippen LogP contribution in [0.2, 0.25) is 5.02 Å². The van der Waals surface area contributed by atoms with Crippen molar-refractivity contribution in [1.82, 2.24) is 5.32 Å². The molecule has 3 rings (SSSR count). The van der Waals surface area contributed by atoms with Crippen molar-refractivity contribution in [3.05, 3.63) is 47.2 Å². The molecule has 1 aromatic heterocycles. The van der Waals surface area contributed by atoms with Crippen molar-refractivity contribution in [3.8, 4) is 0 Å². The van der Waals surface area contributed by atoms with E-state index in [1.165, 1.54) is 0 Å². The molecule has 0 fully saturated rings. The van der Waals surface area contributed by atoms with Crippen LogP contribution < -0.4 is 5.32 Å². The maximum Gasteiger partial charge on any atom is 0.142 e. The van der Waals surface area contributed by atoms with Crippen LogP contribution in [0.1, 0.15) is 32.1 Å². The molecule has 0 aliphatic heterocycles. The molecule has 1 unspecified atom stereocenters. The Morgan fingerprint density at radius 1 is 1.20 bits per heavy atom. The Balaban J connectivity index is 2.13. The largest absolute Gasteiger partial charge is 0.459 e. The summed E-state index contributed by atoms with van der Waals surface area (Å²) in [6, 6.07) is 12.4. The molecule has 20 heavy (non-hydrogen) atoms. The van der Waals surface area contributed by atoms with E-state index in [-0.39, 0.29) is 6.04 Å². The Kier molecular flexibility index (Phi) is 3.68. The van der Waals surface area contributed by atoms with Gasteiger partial charge in [0.05, 0.1) is 6.04 Å². The van der Waals surface area contributed by atoms with Crippen molar-refractivity contribution in [2.75, 3.05) is 6.54 Å². The highest BCUT2D eigenvalue weighted by Gasteiger charge is 2.14. The second kappa shape index (κ2) is 5.47. The van der Waals surface area contributed by atoms with Gasteiger partial charge in [0.25, 0.3) is 0 Å². The zero-order valence-corrected chi connectivity index (χ0v) is 12.5. The Bertz CT molecular complexity index is 747. The monoisotopic (exact) mass is 287 g/mol. The maximum atomic E-state index is 6.35. The van der Waals surface area contributed by atoms with Crippen LogP contribution >= 0.6 is 11.6 Å². The van der Waals surface area contributed by atoms with E-state index >= 15 is 0 Å². The topological polar surface area (TPSA) is 25.2 Å². The molecular formula is C17H18ClNO. The first-order valence-electron chi connectivity index (χ1n) is 7.04. The number of halogens is 1. The zero-order valence-electron chi connectivity index (χ0n) is 11.7. The van der Waals surface area contributed by atoms with Gasteiger partial charge in [0.2, 0.25) is 0 Å². The number of benzene rings is 2. The van der Waals surface area contributed by atoms with Crippen LogP contribution in [-0.4, -0.2) is 6.54 Å². The number of rotatable bonds is 4. The van der Waals surface area contributed by atoms with E-state index in [4.69, 9.17) is 16.0 Å². The van der Waals surface area contributed by atoms with Gasteiger partial charge >= 0.3 is 0 Å². The van der Waals surface area contributed by atoms with Gasteiger partial charge in [-0.15, -0.1) is 0 Å². The van der Waals surface area contributed by atoms with Crippen molar-refractivity contribution >= 4 is 33.3 Å². The molecule has 0 aliphatic carbocycles. The summed E-state index contributed by atoms with van der Waals surface area (Å²) in [6.07, 6.45) is 1.11. The Morgan fingerprint density at radius 3 is 2.70 bits per heavy atom. The van der Waals surface area contributed by atoms with Crippen LogP contribution in [0.25, 0.3) is 21.7 Å². The number of hydrogen-bond donors (Lipinski definition) is 1. The summed E-state index contributed by atoms with van der Waals surface area (Å²) in [6.45, 7) is 5.27. The lowest BCUT2D eigenvalue weighted by Gasteiger charge is -2.09. The third-order valence-electron chi connectivity index (χ3n) is 3.62. The Hall–Kier alpha value is -1.51. The second-order valence-electron chi connectivity index (χ2n) is 5.15. The molecule has 104 valence electrons. The predicted molar refractivity (Wildman–Crippen MR) is 85.4 cm³/mol. The summed E-state index contributed by atoms with van der Waals surface area (Å²) < 4.78 is 6.07. The van der Waals surface area contributed by atoms with E-state index < -0.39 is 0 Å². The van der Waals surface area contributed by atoms with Crippen molar-refractivity contribution in [1.29, 1.82) is 0 Å². The second-order valence-corrected chi connectivity index (χ2v) is 5.55. The van der Waals surface area contributed by atoms with E-state index in [0.29, 0.717) is 0 Å². The summed E-state index contributed by atoms with van der Waals surface area (Å²) in [5, 5.41) is 7.39. The van der Waals surface area contributed by atoms with Crippen LogP contribution in [0, 0.1) is 0 Å². The fourth-order valence-corrected chi connectivity index (χ4v) is 2.80. The van der Waals surface area contributed by atoms with Crippen molar-refractivity contribution in [3.63, 3.8) is 0 Å². The van der Waals surface area contributed by atoms with Crippen molar-refractivity contribution in [2.45, 2.75) is 26.3 Å². The Morgan fingerprint density at radius 2 is 1.95 bits per heavy atom. The highest BCUT2D eigenvalue weighted by Crippen LogP contribution is 2.34. The van der Waals surface area contributed by atoms with E-state index in [1.807, 2.05) is 24.3 Å².